The molecule has 1 atom stereocenters. The van der Waals surface area contributed by atoms with E-state index in [0.29, 0.717) is 24.2 Å². The second kappa shape index (κ2) is 10.00. The molecule has 2 saturated heterocycles. The van der Waals surface area contributed by atoms with E-state index in [1.54, 1.807) is 15.9 Å². The number of methoxy groups -OCH3 is 1. The summed E-state index contributed by atoms with van der Waals surface area (Å²) in [7, 11) is 1.46. The molecule has 2 aliphatic rings. The van der Waals surface area contributed by atoms with Crippen molar-refractivity contribution in [1.82, 2.24) is 20.2 Å². The van der Waals surface area contributed by atoms with Gasteiger partial charge in [-0.25, -0.2) is 9.97 Å². The molecule has 0 radical (unpaired) electrons. The molecule has 0 saturated carbocycles. The fourth-order valence-electron chi connectivity index (χ4n) is 4.11. The second-order valence-corrected chi connectivity index (χ2v) is 8.17. The van der Waals surface area contributed by atoms with Crippen molar-refractivity contribution < 1.29 is 32.2 Å². The maximum Gasteiger partial charge on any atom is 0.451 e. The molecule has 2 fully saturated rings. The van der Waals surface area contributed by atoms with Crippen LogP contribution in [0, 0.1) is 0 Å². The van der Waals surface area contributed by atoms with Gasteiger partial charge in [-0.05, 0) is 31.0 Å². The van der Waals surface area contributed by atoms with Crippen LogP contribution in [0.4, 0.5) is 19.0 Å². The van der Waals surface area contributed by atoms with Crippen LogP contribution in [-0.2, 0) is 20.5 Å². The first-order chi connectivity index (χ1) is 16.3. The Morgan fingerprint density at radius 3 is 2.74 bits per heavy atom. The molecular formula is C22H26F3N5O4. The molecule has 3 heterocycles. The van der Waals surface area contributed by atoms with Crippen molar-refractivity contribution in [2.75, 3.05) is 51.3 Å². The molecule has 0 bridgehead atoms. The number of halogens is 3. The van der Waals surface area contributed by atoms with Crippen molar-refractivity contribution in [3.8, 4) is 5.75 Å². The maximum absolute atomic E-state index is 13.6. The number of fused-ring (bicyclic) bond motifs is 1. The number of alkyl halides is 3. The van der Waals surface area contributed by atoms with Crippen molar-refractivity contribution in [3.63, 3.8) is 0 Å². The van der Waals surface area contributed by atoms with Crippen LogP contribution in [0.15, 0.2) is 18.2 Å². The molecule has 1 unspecified atom stereocenters. The first-order valence-electron chi connectivity index (χ1n) is 11.1. The molecule has 1 N–H and O–H groups in total. The molecule has 184 valence electrons. The molecule has 1 aromatic carbocycles. The highest BCUT2D eigenvalue weighted by Gasteiger charge is 2.36. The summed E-state index contributed by atoms with van der Waals surface area (Å²) in [6.45, 7) is 1.55. The minimum absolute atomic E-state index is 0.0653. The SMILES string of the molecule is COc1ccc2nc(C(F)(F)F)nc(N3CCNC(=O)CCN(C(=O)C4CCCO4)CC3)c2c1. The van der Waals surface area contributed by atoms with Crippen LogP contribution in [-0.4, -0.2) is 79.2 Å². The summed E-state index contributed by atoms with van der Waals surface area (Å²) < 4.78 is 51.5. The number of rotatable bonds is 3. The third-order valence-electron chi connectivity index (χ3n) is 5.91. The van der Waals surface area contributed by atoms with Gasteiger partial charge >= 0.3 is 6.18 Å². The van der Waals surface area contributed by atoms with Gasteiger partial charge in [0.1, 0.15) is 17.7 Å². The molecule has 2 amide bonds. The predicted molar refractivity (Wildman–Crippen MR) is 116 cm³/mol. The zero-order valence-electron chi connectivity index (χ0n) is 18.7. The second-order valence-electron chi connectivity index (χ2n) is 8.17. The van der Waals surface area contributed by atoms with Crippen molar-refractivity contribution in [2.45, 2.75) is 31.5 Å². The Hall–Kier alpha value is -3.15. The number of carbonyl (C=O) groups is 2. The third-order valence-corrected chi connectivity index (χ3v) is 5.91. The van der Waals surface area contributed by atoms with E-state index < -0.39 is 18.1 Å². The zero-order valence-corrected chi connectivity index (χ0v) is 18.7. The third kappa shape index (κ3) is 5.32. The fourth-order valence-corrected chi connectivity index (χ4v) is 4.11. The van der Waals surface area contributed by atoms with Gasteiger partial charge in [0.25, 0.3) is 5.91 Å². The Morgan fingerprint density at radius 1 is 1.21 bits per heavy atom. The van der Waals surface area contributed by atoms with Gasteiger partial charge in [-0.3, -0.25) is 9.59 Å². The van der Waals surface area contributed by atoms with Crippen LogP contribution in [0.3, 0.4) is 0 Å². The molecule has 2 aliphatic heterocycles. The van der Waals surface area contributed by atoms with Crippen molar-refractivity contribution >= 4 is 28.5 Å². The number of hydrogen-bond acceptors (Lipinski definition) is 7. The molecule has 2 aromatic rings. The van der Waals surface area contributed by atoms with E-state index in [1.807, 2.05) is 0 Å². The molecule has 4 rings (SSSR count). The Balaban J connectivity index is 1.70. The van der Waals surface area contributed by atoms with Gasteiger partial charge in [0.2, 0.25) is 11.7 Å². The lowest BCUT2D eigenvalue weighted by molar-refractivity contribution is -0.144. The Morgan fingerprint density at radius 2 is 2.03 bits per heavy atom. The largest absolute Gasteiger partial charge is 0.497 e. The number of aromatic nitrogens is 2. The smallest absolute Gasteiger partial charge is 0.451 e. The highest BCUT2D eigenvalue weighted by atomic mass is 19.4. The summed E-state index contributed by atoms with van der Waals surface area (Å²) in [5.74, 6) is -1.20. The number of benzene rings is 1. The number of nitrogens with one attached hydrogen (secondary N) is 1. The Kier molecular flexibility index (Phi) is 7.05. The average molecular weight is 481 g/mol. The van der Waals surface area contributed by atoms with Crippen LogP contribution in [0.2, 0.25) is 0 Å². The van der Waals surface area contributed by atoms with E-state index >= 15 is 0 Å². The minimum Gasteiger partial charge on any atom is -0.497 e. The van der Waals surface area contributed by atoms with Gasteiger partial charge in [-0.15, -0.1) is 0 Å². The number of amides is 2. The lowest BCUT2D eigenvalue weighted by Crippen LogP contribution is -2.48. The van der Waals surface area contributed by atoms with Crippen LogP contribution in [0.25, 0.3) is 10.9 Å². The standard InChI is InChI=1S/C22H26F3N5O4/c1-33-14-4-5-16-15(13-14)19(28-21(27-16)22(23,24)25)29-9-7-26-18(31)6-8-30(11-10-29)20(32)17-3-2-12-34-17/h4-5,13,17H,2-3,6-12H2,1H3,(H,26,31). The Labute approximate surface area is 194 Å². The van der Waals surface area contributed by atoms with Crippen LogP contribution >= 0.6 is 0 Å². The minimum atomic E-state index is -4.74. The van der Waals surface area contributed by atoms with Crippen LogP contribution < -0.4 is 15.0 Å². The number of ether oxygens (including phenoxy) is 2. The summed E-state index contributed by atoms with van der Waals surface area (Å²) in [5.41, 5.74) is 0.117. The summed E-state index contributed by atoms with van der Waals surface area (Å²) in [4.78, 5) is 35.9. The molecule has 0 spiro atoms. The van der Waals surface area contributed by atoms with Crippen molar-refractivity contribution in [1.29, 1.82) is 0 Å². The van der Waals surface area contributed by atoms with Gasteiger partial charge in [0.05, 0.1) is 12.6 Å². The van der Waals surface area contributed by atoms with Crippen LogP contribution in [0.5, 0.6) is 5.75 Å². The maximum atomic E-state index is 13.6. The highest BCUT2D eigenvalue weighted by molar-refractivity contribution is 5.91. The molecule has 9 nitrogen and oxygen atoms in total. The van der Waals surface area contributed by atoms with E-state index in [-0.39, 0.29) is 62.3 Å². The normalized spacial score (nSPS) is 20.4. The molecular weight excluding hydrogens is 455 g/mol. The summed E-state index contributed by atoms with van der Waals surface area (Å²) in [6.07, 6.45) is -3.76. The van der Waals surface area contributed by atoms with Gasteiger partial charge < -0.3 is 24.6 Å². The number of anilines is 1. The number of hydrogen-bond donors (Lipinski definition) is 1. The van der Waals surface area contributed by atoms with E-state index in [9.17, 15) is 22.8 Å². The summed E-state index contributed by atoms with van der Waals surface area (Å²) in [6, 6.07) is 4.56. The van der Waals surface area contributed by atoms with E-state index in [0.717, 1.165) is 6.42 Å². The average Bonchev–Trinajstić information content (AvgIpc) is 3.36. The predicted octanol–water partition coefficient (Wildman–Crippen LogP) is 1.99. The first-order valence-corrected chi connectivity index (χ1v) is 11.1. The molecule has 12 heteroatoms. The topological polar surface area (TPSA) is 96.9 Å². The van der Waals surface area contributed by atoms with Gasteiger partial charge in [-0.1, -0.05) is 0 Å². The molecule has 0 aliphatic carbocycles. The summed E-state index contributed by atoms with van der Waals surface area (Å²) in [5, 5.41) is 3.14. The first kappa shape index (κ1) is 24.0. The lowest BCUT2D eigenvalue weighted by atomic mass is 10.2. The van der Waals surface area contributed by atoms with E-state index in [4.69, 9.17) is 9.47 Å². The zero-order chi connectivity index (χ0) is 24.3. The van der Waals surface area contributed by atoms with Gasteiger partial charge in [-0.2, -0.15) is 13.2 Å². The summed E-state index contributed by atoms with van der Waals surface area (Å²) >= 11 is 0. The quantitative estimate of drug-likeness (QED) is 0.716. The molecule has 1 aromatic heterocycles. The van der Waals surface area contributed by atoms with Gasteiger partial charge in [0, 0.05) is 51.1 Å². The van der Waals surface area contributed by atoms with E-state index in [2.05, 4.69) is 15.3 Å². The number of carbonyl (C=O) groups excluding carboxylic acids is 2. The van der Waals surface area contributed by atoms with Crippen molar-refractivity contribution in [2.24, 2.45) is 0 Å². The number of nitrogens with zero attached hydrogens (tertiary/aromatic N) is 4. The van der Waals surface area contributed by atoms with E-state index in [1.165, 1.54) is 19.2 Å². The lowest BCUT2D eigenvalue weighted by Gasteiger charge is -2.32. The van der Waals surface area contributed by atoms with Crippen LogP contribution in [0.1, 0.15) is 25.1 Å². The highest BCUT2D eigenvalue weighted by Crippen LogP contribution is 2.33. The van der Waals surface area contributed by atoms with Crippen molar-refractivity contribution in [3.05, 3.63) is 24.0 Å². The fraction of sp³-hybridized carbons (Fsp3) is 0.545. The van der Waals surface area contributed by atoms with Gasteiger partial charge in [0.15, 0.2) is 0 Å². The molecule has 34 heavy (non-hydrogen) atoms. The Bertz CT molecular complexity index is 1060. The monoisotopic (exact) mass is 481 g/mol.